The second kappa shape index (κ2) is 5.51. The summed E-state index contributed by atoms with van der Waals surface area (Å²) in [5.74, 6) is 0.662. The van der Waals surface area contributed by atoms with Crippen LogP contribution in [0.3, 0.4) is 0 Å². The van der Waals surface area contributed by atoms with Gasteiger partial charge in [-0.15, -0.1) is 0 Å². The van der Waals surface area contributed by atoms with Crippen molar-refractivity contribution in [3.63, 3.8) is 0 Å². The third-order valence-corrected chi connectivity index (χ3v) is 3.74. The van der Waals surface area contributed by atoms with E-state index in [9.17, 15) is 0 Å². The van der Waals surface area contributed by atoms with Crippen molar-refractivity contribution in [2.75, 3.05) is 27.3 Å². The van der Waals surface area contributed by atoms with Crippen molar-refractivity contribution < 1.29 is 0 Å². The van der Waals surface area contributed by atoms with Gasteiger partial charge in [0, 0.05) is 38.5 Å². The number of nitrogens with one attached hydrogen (secondary N) is 1. The Hall–Kier alpha value is -1.07. The zero-order valence-corrected chi connectivity index (χ0v) is 10.8. The first-order valence-electron chi connectivity index (χ1n) is 6.35. The largest absolute Gasteiger partial charge is 0.384 e. The summed E-state index contributed by atoms with van der Waals surface area (Å²) in [5, 5.41) is 7.68. The van der Waals surface area contributed by atoms with Crippen molar-refractivity contribution in [2.24, 2.45) is 10.7 Å². The maximum absolute atomic E-state index is 5.88. The SMILES string of the molecule is CN(CC1=CNCN=C1N)N(C)C1CCCC1. The van der Waals surface area contributed by atoms with Crippen LogP contribution in [0.15, 0.2) is 16.8 Å². The predicted octanol–water partition coefficient (Wildman–Crippen LogP) is 0.509. The predicted molar refractivity (Wildman–Crippen MR) is 70.4 cm³/mol. The average Bonchev–Trinajstić information content (AvgIpc) is 2.84. The van der Waals surface area contributed by atoms with Crippen molar-refractivity contribution in [3.8, 4) is 0 Å². The lowest BCUT2D eigenvalue weighted by Gasteiger charge is -2.34. The topological polar surface area (TPSA) is 56.9 Å². The first-order chi connectivity index (χ1) is 8.18. The van der Waals surface area contributed by atoms with Crippen LogP contribution in [0.25, 0.3) is 0 Å². The minimum absolute atomic E-state index is 0.595. The Morgan fingerprint density at radius 2 is 2.12 bits per heavy atom. The molecule has 0 unspecified atom stereocenters. The van der Waals surface area contributed by atoms with E-state index in [4.69, 9.17) is 5.73 Å². The average molecular weight is 237 g/mol. The van der Waals surface area contributed by atoms with Gasteiger partial charge in [-0.25, -0.2) is 15.0 Å². The second-order valence-electron chi connectivity index (χ2n) is 4.90. The van der Waals surface area contributed by atoms with Crippen LogP contribution < -0.4 is 11.1 Å². The number of hydrogen-bond donors (Lipinski definition) is 2. The summed E-state index contributed by atoms with van der Waals surface area (Å²) in [7, 11) is 4.28. The number of hydrogen-bond acceptors (Lipinski definition) is 5. The normalized spacial score (nSPS) is 21.6. The van der Waals surface area contributed by atoms with Crippen molar-refractivity contribution in [1.29, 1.82) is 0 Å². The van der Waals surface area contributed by atoms with Gasteiger partial charge in [0.1, 0.15) is 12.5 Å². The molecular formula is C12H23N5. The molecule has 0 aromatic carbocycles. The molecule has 0 bridgehead atoms. The number of hydrazine groups is 1. The van der Waals surface area contributed by atoms with Crippen LogP contribution in [0.2, 0.25) is 0 Å². The fourth-order valence-electron chi connectivity index (χ4n) is 2.52. The highest BCUT2D eigenvalue weighted by Crippen LogP contribution is 2.23. The molecule has 5 nitrogen and oxygen atoms in total. The fourth-order valence-corrected chi connectivity index (χ4v) is 2.52. The van der Waals surface area contributed by atoms with E-state index in [0.29, 0.717) is 18.5 Å². The zero-order chi connectivity index (χ0) is 12.3. The second-order valence-corrected chi connectivity index (χ2v) is 4.90. The Labute approximate surface area is 103 Å². The van der Waals surface area contributed by atoms with E-state index in [1.54, 1.807) is 0 Å². The van der Waals surface area contributed by atoms with Gasteiger partial charge in [-0.3, -0.25) is 0 Å². The molecule has 1 saturated carbocycles. The number of likely N-dealkylation sites (N-methyl/N-ethyl adjacent to an activating group) is 1. The van der Waals surface area contributed by atoms with Gasteiger partial charge in [0.25, 0.3) is 0 Å². The summed E-state index contributed by atoms with van der Waals surface area (Å²) < 4.78 is 0. The van der Waals surface area contributed by atoms with E-state index in [2.05, 4.69) is 34.4 Å². The molecule has 0 aromatic heterocycles. The maximum atomic E-state index is 5.88. The zero-order valence-electron chi connectivity index (χ0n) is 10.8. The summed E-state index contributed by atoms with van der Waals surface area (Å²) in [5.41, 5.74) is 6.95. The number of amidine groups is 1. The first kappa shape index (κ1) is 12.4. The molecule has 0 saturated heterocycles. The van der Waals surface area contributed by atoms with E-state index < -0.39 is 0 Å². The molecule has 5 heteroatoms. The lowest BCUT2D eigenvalue weighted by atomic mass is 10.2. The monoisotopic (exact) mass is 237 g/mol. The standard InChI is InChI=1S/C12H23N5/c1-16(17(2)11-5-3-4-6-11)8-10-7-14-9-15-12(10)13/h7,11,14H,3-6,8-9H2,1-2H3,(H2,13,15). The van der Waals surface area contributed by atoms with Crippen LogP contribution in [-0.2, 0) is 0 Å². The third-order valence-electron chi connectivity index (χ3n) is 3.74. The van der Waals surface area contributed by atoms with Crippen molar-refractivity contribution in [3.05, 3.63) is 11.8 Å². The van der Waals surface area contributed by atoms with E-state index in [1.165, 1.54) is 25.7 Å². The summed E-state index contributed by atoms with van der Waals surface area (Å²) in [4.78, 5) is 4.19. The van der Waals surface area contributed by atoms with E-state index >= 15 is 0 Å². The number of nitrogens with zero attached hydrogens (tertiary/aromatic N) is 3. The van der Waals surface area contributed by atoms with Crippen molar-refractivity contribution in [2.45, 2.75) is 31.7 Å². The molecular weight excluding hydrogens is 214 g/mol. The molecule has 0 atom stereocenters. The third kappa shape index (κ3) is 2.98. The van der Waals surface area contributed by atoms with E-state index in [-0.39, 0.29) is 0 Å². The van der Waals surface area contributed by atoms with E-state index in [0.717, 1.165) is 12.1 Å². The van der Waals surface area contributed by atoms with Gasteiger partial charge in [0.2, 0.25) is 0 Å². The Kier molecular flexibility index (Phi) is 4.02. The highest BCUT2D eigenvalue weighted by atomic mass is 15.6. The van der Waals surface area contributed by atoms with Gasteiger partial charge in [-0.2, -0.15) is 0 Å². The van der Waals surface area contributed by atoms with Crippen LogP contribution in [0.1, 0.15) is 25.7 Å². The van der Waals surface area contributed by atoms with Crippen molar-refractivity contribution >= 4 is 5.84 Å². The summed E-state index contributed by atoms with van der Waals surface area (Å²) in [6.07, 6.45) is 7.30. The summed E-state index contributed by atoms with van der Waals surface area (Å²) in [6, 6.07) is 0.690. The first-order valence-corrected chi connectivity index (χ1v) is 6.35. The summed E-state index contributed by atoms with van der Waals surface area (Å²) >= 11 is 0. The molecule has 2 aliphatic rings. The van der Waals surface area contributed by atoms with Crippen molar-refractivity contribution in [1.82, 2.24) is 15.3 Å². The lowest BCUT2D eigenvalue weighted by Crippen LogP contribution is -2.45. The minimum atomic E-state index is 0.595. The quantitative estimate of drug-likeness (QED) is 0.700. The van der Waals surface area contributed by atoms with Gasteiger partial charge < -0.3 is 11.1 Å². The Balaban J connectivity index is 1.89. The smallest absolute Gasteiger partial charge is 0.126 e. The van der Waals surface area contributed by atoms with Gasteiger partial charge in [-0.1, -0.05) is 12.8 Å². The highest BCUT2D eigenvalue weighted by molar-refractivity contribution is 5.97. The van der Waals surface area contributed by atoms with Crippen LogP contribution in [-0.4, -0.2) is 49.2 Å². The van der Waals surface area contributed by atoms with Crippen LogP contribution >= 0.6 is 0 Å². The molecule has 3 N–H and O–H groups in total. The van der Waals surface area contributed by atoms with Crippen LogP contribution in [0.5, 0.6) is 0 Å². The molecule has 17 heavy (non-hydrogen) atoms. The van der Waals surface area contributed by atoms with Crippen LogP contribution in [0, 0.1) is 0 Å². The summed E-state index contributed by atoms with van der Waals surface area (Å²) in [6.45, 7) is 1.41. The molecule has 1 aliphatic heterocycles. The maximum Gasteiger partial charge on any atom is 0.126 e. The van der Waals surface area contributed by atoms with Gasteiger partial charge in [-0.05, 0) is 12.8 Å². The highest BCUT2D eigenvalue weighted by Gasteiger charge is 2.23. The molecule has 0 radical (unpaired) electrons. The molecule has 1 aliphatic carbocycles. The molecule has 0 amide bonds. The number of rotatable bonds is 4. The minimum Gasteiger partial charge on any atom is -0.384 e. The molecule has 1 heterocycles. The molecule has 0 spiro atoms. The Morgan fingerprint density at radius 3 is 2.76 bits per heavy atom. The Morgan fingerprint density at radius 1 is 1.41 bits per heavy atom. The molecule has 2 rings (SSSR count). The molecule has 0 aromatic rings. The van der Waals surface area contributed by atoms with E-state index in [1.807, 2.05) is 6.20 Å². The number of aliphatic imine (C=N–C) groups is 1. The lowest BCUT2D eigenvalue weighted by molar-refractivity contribution is -0.00273. The van der Waals surface area contributed by atoms with Gasteiger partial charge in [0.05, 0.1) is 0 Å². The Bertz CT molecular complexity index is 317. The fraction of sp³-hybridized carbons (Fsp3) is 0.750. The van der Waals surface area contributed by atoms with Crippen LogP contribution in [0.4, 0.5) is 0 Å². The molecule has 1 fully saturated rings. The molecule has 96 valence electrons. The van der Waals surface area contributed by atoms with Gasteiger partial charge in [0.15, 0.2) is 0 Å². The van der Waals surface area contributed by atoms with Gasteiger partial charge >= 0.3 is 0 Å². The number of nitrogens with two attached hydrogens (primary N) is 1.